The molecule has 2 N–H and O–H groups in total. The summed E-state index contributed by atoms with van der Waals surface area (Å²) in [5, 5.41) is 0. The summed E-state index contributed by atoms with van der Waals surface area (Å²) >= 11 is 0. The molecule has 0 bridgehead atoms. The number of hydrogen-bond donors (Lipinski definition) is 1. The van der Waals surface area contributed by atoms with Crippen LogP contribution in [0.5, 0.6) is 0 Å². The molecule has 1 aromatic carbocycles. The van der Waals surface area contributed by atoms with Gasteiger partial charge in [-0.05, 0) is 36.7 Å². The molecule has 0 amide bonds. The van der Waals surface area contributed by atoms with E-state index in [1.165, 1.54) is 16.8 Å². The van der Waals surface area contributed by atoms with Crippen LogP contribution in [0.15, 0.2) is 47.3 Å². The van der Waals surface area contributed by atoms with E-state index < -0.39 is 0 Å². The molecule has 1 aromatic heterocycles. The molecule has 17 heavy (non-hydrogen) atoms. The fourth-order valence-electron chi connectivity index (χ4n) is 1.83. The largest absolute Gasteiger partial charge is 0.472 e. The number of hydrogen-bond acceptors (Lipinski definition) is 3. The maximum Gasteiger partial charge on any atom is 0.0952 e. The van der Waals surface area contributed by atoms with Gasteiger partial charge in [-0.3, -0.25) is 0 Å². The summed E-state index contributed by atoms with van der Waals surface area (Å²) in [5.74, 6) is 0. The maximum absolute atomic E-state index is 5.53. The molecular formula is C14H18N2O. The molecule has 2 aromatic rings. The lowest BCUT2D eigenvalue weighted by atomic mass is 10.1. The van der Waals surface area contributed by atoms with Crippen LogP contribution in [0.1, 0.15) is 11.1 Å². The molecule has 0 fully saturated rings. The van der Waals surface area contributed by atoms with Crippen molar-refractivity contribution >= 4 is 5.69 Å². The number of nitrogens with two attached hydrogens (primary N) is 1. The first-order chi connectivity index (χ1) is 8.29. The minimum atomic E-state index is 0.699. The molecule has 0 aliphatic carbocycles. The highest BCUT2D eigenvalue weighted by atomic mass is 16.3. The van der Waals surface area contributed by atoms with Crippen LogP contribution in [0.3, 0.4) is 0 Å². The van der Waals surface area contributed by atoms with E-state index in [-0.39, 0.29) is 0 Å². The Morgan fingerprint density at radius 2 is 1.88 bits per heavy atom. The lowest BCUT2D eigenvalue weighted by molar-refractivity contribution is 0.563. The van der Waals surface area contributed by atoms with Crippen molar-refractivity contribution in [3.05, 3.63) is 54.0 Å². The Kier molecular flexibility index (Phi) is 3.83. The van der Waals surface area contributed by atoms with Crippen molar-refractivity contribution in [2.75, 3.05) is 18.5 Å². The van der Waals surface area contributed by atoms with Crippen molar-refractivity contribution in [3.8, 4) is 0 Å². The number of rotatable bonds is 5. The first kappa shape index (κ1) is 11.7. The van der Waals surface area contributed by atoms with Gasteiger partial charge >= 0.3 is 0 Å². The van der Waals surface area contributed by atoms with Crippen molar-refractivity contribution in [1.82, 2.24) is 0 Å². The van der Waals surface area contributed by atoms with E-state index in [9.17, 15) is 0 Å². The van der Waals surface area contributed by atoms with Crippen molar-refractivity contribution in [2.24, 2.45) is 5.73 Å². The van der Waals surface area contributed by atoms with Crippen molar-refractivity contribution in [1.29, 1.82) is 0 Å². The van der Waals surface area contributed by atoms with Gasteiger partial charge in [0.2, 0.25) is 0 Å². The Labute approximate surface area is 102 Å². The SMILES string of the molecule is CN(Cc1ccoc1)c1ccc(CCN)cc1. The van der Waals surface area contributed by atoms with Gasteiger partial charge in [0, 0.05) is 24.8 Å². The van der Waals surface area contributed by atoms with Crippen molar-refractivity contribution < 1.29 is 4.42 Å². The molecule has 0 aliphatic heterocycles. The Balaban J connectivity index is 2.01. The van der Waals surface area contributed by atoms with E-state index in [2.05, 4.69) is 36.2 Å². The third-order valence-electron chi connectivity index (χ3n) is 2.81. The van der Waals surface area contributed by atoms with Crippen LogP contribution in [0.25, 0.3) is 0 Å². The molecule has 0 unspecified atom stereocenters. The summed E-state index contributed by atoms with van der Waals surface area (Å²) in [7, 11) is 2.07. The number of benzene rings is 1. The van der Waals surface area contributed by atoms with E-state index in [0.29, 0.717) is 6.54 Å². The summed E-state index contributed by atoms with van der Waals surface area (Å²) in [5.41, 5.74) is 9.19. The van der Waals surface area contributed by atoms with E-state index in [0.717, 1.165) is 13.0 Å². The van der Waals surface area contributed by atoms with Crippen LogP contribution >= 0.6 is 0 Å². The van der Waals surface area contributed by atoms with Crippen molar-refractivity contribution in [2.45, 2.75) is 13.0 Å². The first-order valence-corrected chi connectivity index (χ1v) is 5.81. The summed E-state index contributed by atoms with van der Waals surface area (Å²) in [6, 6.07) is 10.5. The number of nitrogens with zero attached hydrogens (tertiary/aromatic N) is 1. The van der Waals surface area contributed by atoms with Gasteiger partial charge in [0.05, 0.1) is 12.5 Å². The summed E-state index contributed by atoms with van der Waals surface area (Å²) in [6.45, 7) is 1.55. The van der Waals surface area contributed by atoms with Crippen LogP contribution in [0.2, 0.25) is 0 Å². The van der Waals surface area contributed by atoms with E-state index in [4.69, 9.17) is 10.2 Å². The maximum atomic E-state index is 5.53. The third kappa shape index (κ3) is 3.11. The molecule has 90 valence electrons. The topological polar surface area (TPSA) is 42.4 Å². The molecule has 2 rings (SSSR count). The molecule has 3 heteroatoms. The summed E-state index contributed by atoms with van der Waals surface area (Å²) in [4.78, 5) is 2.19. The zero-order valence-corrected chi connectivity index (χ0v) is 10.1. The van der Waals surface area contributed by atoms with Gasteiger partial charge < -0.3 is 15.1 Å². The van der Waals surface area contributed by atoms with Gasteiger partial charge in [0.1, 0.15) is 0 Å². The average molecular weight is 230 g/mol. The fourth-order valence-corrected chi connectivity index (χ4v) is 1.83. The molecule has 0 saturated heterocycles. The van der Waals surface area contributed by atoms with Gasteiger partial charge in [-0.1, -0.05) is 12.1 Å². The highest BCUT2D eigenvalue weighted by Gasteiger charge is 2.03. The van der Waals surface area contributed by atoms with Gasteiger partial charge in [-0.15, -0.1) is 0 Å². The first-order valence-electron chi connectivity index (χ1n) is 5.81. The van der Waals surface area contributed by atoms with E-state index >= 15 is 0 Å². The quantitative estimate of drug-likeness (QED) is 0.857. The van der Waals surface area contributed by atoms with Crippen LogP contribution in [0.4, 0.5) is 5.69 Å². The predicted molar refractivity (Wildman–Crippen MR) is 70.0 cm³/mol. The molecule has 0 spiro atoms. The van der Waals surface area contributed by atoms with Gasteiger partial charge in [-0.25, -0.2) is 0 Å². The van der Waals surface area contributed by atoms with Crippen LogP contribution in [0, 0.1) is 0 Å². The summed E-state index contributed by atoms with van der Waals surface area (Å²) < 4.78 is 5.06. The normalized spacial score (nSPS) is 10.5. The average Bonchev–Trinajstić information content (AvgIpc) is 2.83. The smallest absolute Gasteiger partial charge is 0.0952 e. The minimum absolute atomic E-state index is 0.699. The van der Waals surface area contributed by atoms with Gasteiger partial charge in [-0.2, -0.15) is 0 Å². The molecule has 1 heterocycles. The fraction of sp³-hybridized carbons (Fsp3) is 0.286. The van der Waals surface area contributed by atoms with Gasteiger partial charge in [0.15, 0.2) is 0 Å². The third-order valence-corrected chi connectivity index (χ3v) is 2.81. The number of anilines is 1. The molecular weight excluding hydrogens is 212 g/mol. The molecule has 3 nitrogen and oxygen atoms in total. The Bertz CT molecular complexity index is 434. The number of furan rings is 1. The second kappa shape index (κ2) is 5.55. The summed E-state index contributed by atoms with van der Waals surface area (Å²) in [6.07, 6.45) is 4.42. The lowest BCUT2D eigenvalue weighted by Gasteiger charge is -2.18. The lowest BCUT2D eigenvalue weighted by Crippen LogP contribution is -2.15. The Morgan fingerprint density at radius 3 is 2.47 bits per heavy atom. The Morgan fingerprint density at radius 1 is 1.12 bits per heavy atom. The minimum Gasteiger partial charge on any atom is -0.472 e. The highest BCUT2D eigenvalue weighted by Crippen LogP contribution is 2.16. The molecule has 0 aliphatic rings. The second-order valence-electron chi connectivity index (χ2n) is 4.19. The monoisotopic (exact) mass is 230 g/mol. The van der Waals surface area contributed by atoms with Gasteiger partial charge in [0.25, 0.3) is 0 Å². The molecule has 0 radical (unpaired) electrons. The van der Waals surface area contributed by atoms with Crippen LogP contribution in [-0.2, 0) is 13.0 Å². The van der Waals surface area contributed by atoms with E-state index in [1.807, 2.05) is 6.07 Å². The van der Waals surface area contributed by atoms with Crippen LogP contribution in [-0.4, -0.2) is 13.6 Å². The highest BCUT2D eigenvalue weighted by molar-refractivity contribution is 5.47. The predicted octanol–water partition coefficient (Wildman–Crippen LogP) is 2.42. The molecule has 0 saturated carbocycles. The second-order valence-corrected chi connectivity index (χ2v) is 4.19. The van der Waals surface area contributed by atoms with E-state index in [1.54, 1.807) is 12.5 Å². The zero-order chi connectivity index (χ0) is 12.1. The Hall–Kier alpha value is -1.74. The molecule has 0 atom stereocenters. The zero-order valence-electron chi connectivity index (χ0n) is 10.1. The standard InChI is InChI=1S/C14H18N2O/c1-16(10-13-7-9-17-11-13)14-4-2-12(3-5-14)6-8-15/h2-5,7,9,11H,6,8,10,15H2,1H3. The van der Waals surface area contributed by atoms with Crippen molar-refractivity contribution in [3.63, 3.8) is 0 Å². The van der Waals surface area contributed by atoms with Crippen LogP contribution < -0.4 is 10.6 Å².